The number of hydrogen-bond acceptors (Lipinski definition) is 3. The van der Waals surface area contributed by atoms with Gasteiger partial charge >= 0.3 is 5.69 Å². The fourth-order valence-electron chi connectivity index (χ4n) is 3.78. The lowest BCUT2D eigenvalue weighted by molar-refractivity contribution is 0.590. The maximum atomic E-state index is 13.3. The van der Waals surface area contributed by atoms with Crippen molar-refractivity contribution in [3.05, 3.63) is 85.7 Å². The Labute approximate surface area is 167 Å². The zero-order chi connectivity index (χ0) is 20.4. The number of H-pyrrole nitrogens is 1. The highest BCUT2D eigenvalue weighted by molar-refractivity contribution is 5.83. The molecule has 1 N–H and O–H groups in total. The topological polar surface area (TPSA) is 76.9 Å². The normalized spacial score (nSPS) is 11.3. The summed E-state index contributed by atoms with van der Waals surface area (Å²) in [5.41, 5.74) is 1.55. The molecular weight excluding hydrogens is 366 g/mol. The summed E-state index contributed by atoms with van der Waals surface area (Å²) in [6, 6.07) is 15.4. The Balaban J connectivity index is 2.00. The van der Waals surface area contributed by atoms with E-state index in [1.165, 1.54) is 6.07 Å². The Hall–Kier alpha value is -3.41. The molecule has 6 nitrogen and oxygen atoms in total. The molecule has 0 spiro atoms. The van der Waals surface area contributed by atoms with Crippen LogP contribution in [0.2, 0.25) is 0 Å². The summed E-state index contributed by atoms with van der Waals surface area (Å²) >= 11 is 0. The van der Waals surface area contributed by atoms with Crippen LogP contribution in [0.1, 0.15) is 32.6 Å². The molecule has 0 unspecified atom stereocenters. The van der Waals surface area contributed by atoms with E-state index in [1.807, 2.05) is 10.6 Å². The van der Waals surface area contributed by atoms with Crippen LogP contribution >= 0.6 is 0 Å². The van der Waals surface area contributed by atoms with Gasteiger partial charge in [-0.25, -0.2) is 9.36 Å². The summed E-state index contributed by atoms with van der Waals surface area (Å²) in [4.78, 5) is 40.9. The van der Waals surface area contributed by atoms with Gasteiger partial charge in [-0.3, -0.25) is 14.6 Å². The molecule has 2 aliphatic rings. The highest BCUT2D eigenvalue weighted by Crippen LogP contribution is 2.25. The summed E-state index contributed by atoms with van der Waals surface area (Å²) in [7, 11) is 0. The Kier molecular flexibility index (Phi) is 5.16. The standard InChI is InChI=1S/C23H23N3O3/c1-2-3-4-8-13-25-20-15-18(27)12-11-16(20)14-19-21(25)24-23(29)26(22(19)28)17-9-6-5-7-10-17/h5-7,9-12,14-15H,2-4,8,13H2,1H3,(H,24,29). The average molecular weight is 389 g/mol. The molecule has 0 amide bonds. The van der Waals surface area contributed by atoms with Crippen LogP contribution in [0.25, 0.3) is 28.0 Å². The van der Waals surface area contributed by atoms with Crippen molar-refractivity contribution in [2.24, 2.45) is 0 Å². The van der Waals surface area contributed by atoms with Crippen LogP contribution in [0, 0.1) is 0 Å². The third-order valence-electron chi connectivity index (χ3n) is 5.23. The van der Waals surface area contributed by atoms with Gasteiger partial charge in [-0.15, -0.1) is 0 Å². The Bertz CT molecular complexity index is 1300. The van der Waals surface area contributed by atoms with Gasteiger partial charge in [0.1, 0.15) is 5.65 Å². The smallest absolute Gasteiger partial charge is 0.326 e. The monoisotopic (exact) mass is 389 g/mol. The Morgan fingerprint density at radius 1 is 0.897 bits per heavy atom. The Morgan fingerprint density at radius 2 is 1.69 bits per heavy atom. The minimum absolute atomic E-state index is 0.0980. The van der Waals surface area contributed by atoms with Gasteiger partial charge in [0.15, 0.2) is 5.43 Å². The summed E-state index contributed by atoms with van der Waals surface area (Å²) in [5.74, 6) is 0. The molecule has 148 valence electrons. The number of para-hydroxylation sites is 1. The van der Waals surface area contributed by atoms with E-state index < -0.39 is 5.69 Å². The fourth-order valence-corrected chi connectivity index (χ4v) is 3.78. The zero-order valence-corrected chi connectivity index (χ0v) is 16.4. The molecule has 0 radical (unpaired) electrons. The largest absolute Gasteiger partial charge is 0.334 e. The van der Waals surface area contributed by atoms with Crippen molar-refractivity contribution >= 4 is 11.0 Å². The third-order valence-corrected chi connectivity index (χ3v) is 5.23. The van der Waals surface area contributed by atoms with E-state index in [-0.39, 0.29) is 11.0 Å². The second-order valence-corrected chi connectivity index (χ2v) is 7.25. The van der Waals surface area contributed by atoms with Gasteiger partial charge < -0.3 is 4.57 Å². The number of aromatic amines is 1. The first-order valence-electron chi connectivity index (χ1n) is 9.98. The first-order valence-corrected chi connectivity index (χ1v) is 9.98. The lowest BCUT2D eigenvalue weighted by atomic mass is 10.1. The van der Waals surface area contributed by atoms with Crippen molar-refractivity contribution in [3.63, 3.8) is 0 Å². The molecule has 2 heterocycles. The van der Waals surface area contributed by atoms with E-state index >= 15 is 0 Å². The number of nitrogens with zero attached hydrogens (tertiary/aromatic N) is 2. The van der Waals surface area contributed by atoms with Gasteiger partial charge in [0.25, 0.3) is 5.56 Å². The van der Waals surface area contributed by atoms with Gasteiger partial charge in [-0.05, 0) is 42.3 Å². The van der Waals surface area contributed by atoms with E-state index in [0.717, 1.165) is 41.5 Å². The quantitative estimate of drug-likeness (QED) is 0.405. The van der Waals surface area contributed by atoms with Crippen molar-refractivity contribution in [3.8, 4) is 16.9 Å². The molecule has 6 heteroatoms. The second kappa shape index (κ2) is 7.91. The van der Waals surface area contributed by atoms with Crippen LogP contribution < -0.4 is 16.7 Å². The van der Waals surface area contributed by atoms with E-state index in [1.54, 1.807) is 42.5 Å². The van der Waals surface area contributed by atoms with Gasteiger partial charge in [0, 0.05) is 12.6 Å². The number of benzene rings is 2. The molecule has 1 aromatic carbocycles. The molecule has 2 aromatic rings. The number of aromatic nitrogens is 3. The van der Waals surface area contributed by atoms with E-state index in [9.17, 15) is 14.4 Å². The molecule has 1 aromatic heterocycles. The van der Waals surface area contributed by atoms with Crippen LogP contribution in [0.4, 0.5) is 0 Å². The molecule has 0 atom stereocenters. The van der Waals surface area contributed by atoms with Crippen molar-refractivity contribution < 1.29 is 0 Å². The summed E-state index contributed by atoms with van der Waals surface area (Å²) in [6.07, 6.45) is 4.18. The predicted octanol–water partition coefficient (Wildman–Crippen LogP) is 3.53. The lowest BCUT2D eigenvalue weighted by Crippen LogP contribution is -2.35. The minimum atomic E-state index is -0.492. The number of hydrogen-bond donors (Lipinski definition) is 1. The van der Waals surface area contributed by atoms with Gasteiger partial charge in [-0.2, -0.15) is 0 Å². The van der Waals surface area contributed by atoms with E-state index in [0.29, 0.717) is 23.3 Å². The van der Waals surface area contributed by atoms with Crippen LogP contribution in [0.15, 0.2) is 69.0 Å². The van der Waals surface area contributed by atoms with Crippen molar-refractivity contribution in [1.29, 1.82) is 0 Å². The average Bonchev–Trinajstić information content (AvgIpc) is 2.72. The molecule has 1 aliphatic heterocycles. The predicted molar refractivity (Wildman–Crippen MR) is 115 cm³/mol. The van der Waals surface area contributed by atoms with Crippen molar-refractivity contribution in [2.45, 2.75) is 39.2 Å². The summed E-state index contributed by atoms with van der Waals surface area (Å²) < 4.78 is 3.05. The molecular formula is C23H23N3O3. The lowest BCUT2D eigenvalue weighted by Gasteiger charge is -2.19. The summed E-state index contributed by atoms with van der Waals surface area (Å²) in [6.45, 7) is 2.77. The molecule has 1 aliphatic carbocycles. The molecule has 0 fully saturated rings. The molecule has 0 bridgehead atoms. The van der Waals surface area contributed by atoms with Gasteiger partial charge in [-0.1, -0.05) is 44.4 Å². The number of nitrogens with one attached hydrogen (secondary N) is 1. The highest BCUT2D eigenvalue weighted by Gasteiger charge is 2.17. The second-order valence-electron chi connectivity index (χ2n) is 7.25. The highest BCUT2D eigenvalue weighted by atomic mass is 16.2. The number of unbranched alkanes of at least 4 members (excludes halogenated alkanes) is 3. The van der Waals surface area contributed by atoms with E-state index in [4.69, 9.17) is 0 Å². The number of fused-ring (bicyclic) bond motifs is 2. The van der Waals surface area contributed by atoms with Crippen LogP contribution in [-0.2, 0) is 6.54 Å². The maximum Gasteiger partial charge on any atom is 0.334 e. The summed E-state index contributed by atoms with van der Waals surface area (Å²) in [5, 5.41) is 0.426. The first-order chi connectivity index (χ1) is 14.1. The van der Waals surface area contributed by atoms with Gasteiger partial charge in [0.2, 0.25) is 0 Å². The third kappa shape index (κ3) is 3.53. The fraction of sp³-hybridized carbons (Fsp3) is 0.261. The van der Waals surface area contributed by atoms with Crippen molar-refractivity contribution in [2.75, 3.05) is 0 Å². The molecule has 0 saturated carbocycles. The van der Waals surface area contributed by atoms with Crippen molar-refractivity contribution in [1.82, 2.24) is 14.1 Å². The Morgan fingerprint density at radius 3 is 2.45 bits per heavy atom. The van der Waals surface area contributed by atoms with Crippen LogP contribution in [0.3, 0.4) is 0 Å². The first kappa shape index (κ1) is 18.9. The van der Waals surface area contributed by atoms with Crippen LogP contribution in [0.5, 0.6) is 0 Å². The molecule has 29 heavy (non-hydrogen) atoms. The number of rotatable bonds is 6. The molecule has 0 saturated heterocycles. The molecule has 4 rings (SSSR count). The minimum Gasteiger partial charge on any atom is -0.326 e. The SMILES string of the molecule is CCCCCCn1c2cc(=O)ccc-2cc2c(=O)n(-c3ccccc3)c(=O)[nH]c21. The van der Waals surface area contributed by atoms with Crippen LogP contribution in [-0.4, -0.2) is 14.1 Å². The number of aryl methyl sites for hydroxylation is 1. The zero-order valence-electron chi connectivity index (χ0n) is 16.4. The van der Waals surface area contributed by atoms with Gasteiger partial charge in [0.05, 0.1) is 16.8 Å². The number of pyridine rings is 1. The maximum absolute atomic E-state index is 13.3. The van der Waals surface area contributed by atoms with E-state index in [2.05, 4.69) is 11.9 Å².